The van der Waals surface area contributed by atoms with Crippen LogP contribution in [0.15, 0.2) is 91.0 Å². The zero-order valence-corrected chi connectivity index (χ0v) is 18.0. The van der Waals surface area contributed by atoms with E-state index in [2.05, 4.69) is 24.3 Å². The van der Waals surface area contributed by atoms with E-state index in [0.717, 1.165) is 16.8 Å². The van der Waals surface area contributed by atoms with Crippen LogP contribution in [0, 0.1) is 5.82 Å². The Hall–Kier alpha value is -3.79. The maximum atomic E-state index is 13.6. The van der Waals surface area contributed by atoms with Crippen molar-refractivity contribution in [2.45, 2.75) is 25.7 Å². The summed E-state index contributed by atoms with van der Waals surface area (Å²) in [4.78, 5) is 17.2. The SMILES string of the molecule is CC(C)c1nc(C(c2ccccc2)c2ccccc2)cc(-c2ccc(F)cc2)c1C(=O)O. The molecule has 1 aromatic heterocycles. The van der Waals surface area contributed by atoms with Crippen LogP contribution in [0.25, 0.3) is 11.1 Å². The highest BCUT2D eigenvalue weighted by Crippen LogP contribution is 2.37. The molecule has 0 unspecified atom stereocenters. The first kappa shape index (κ1) is 21.4. The number of carbonyl (C=O) groups is 1. The quantitative estimate of drug-likeness (QED) is 0.366. The van der Waals surface area contributed by atoms with Crippen LogP contribution in [-0.4, -0.2) is 16.1 Å². The van der Waals surface area contributed by atoms with Gasteiger partial charge in [-0.15, -0.1) is 0 Å². The average Bonchev–Trinajstić information content (AvgIpc) is 2.80. The van der Waals surface area contributed by atoms with Crippen LogP contribution in [-0.2, 0) is 0 Å². The van der Waals surface area contributed by atoms with Gasteiger partial charge in [0.15, 0.2) is 0 Å². The Bertz CT molecular complexity index is 1180. The third kappa shape index (κ3) is 4.30. The summed E-state index contributed by atoms with van der Waals surface area (Å²) in [6.07, 6.45) is 0. The predicted molar refractivity (Wildman–Crippen MR) is 125 cm³/mol. The summed E-state index contributed by atoms with van der Waals surface area (Å²) in [6.45, 7) is 3.88. The van der Waals surface area contributed by atoms with E-state index in [9.17, 15) is 14.3 Å². The molecule has 32 heavy (non-hydrogen) atoms. The topological polar surface area (TPSA) is 50.2 Å². The average molecular weight is 426 g/mol. The van der Waals surface area contributed by atoms with E-state index in [1.807, 2.05) is 56.3 Å². The maximum absolute atomic E-state index is 13.6. The number of hydrogen-bond acceptors (Lipinski definition) is 2. The van der Waals surface area contributed by atoms with E-state index in [0.29, 0.717) is 16.8 Å². The Kier molecular flexibility index (Phi) is 6.13. The minimum Gasteiger partial charge on any atom is -0.478 e. The first-order valence-corrected chi connectivity index (χ1v) is 10.6. The van der Waals surface area contributed by atoms with Crippen LogP contribution in [0.2, 0.25) is 0 Å². The summed E-state index contributed by atoms with van der Waals surface area (Å²) in [5.74, 6) is -1.68. The summed E-state index contributed by atoms with van der Waals surface area (Å²) >= 11 is 0. The molecule has 4 aromatic rings. The van der Waals surface area contributed by atoms with Gasteiger partial charge in [0.1, 0.15) is 5.82 Å². The van der Waals surface area contributed by atoms with Gasteiger partial charge >= 0.3 is 5.97 Å². The minimum atomic E-state index is -1.04. The van der Waals surface area contributed by atoms with Crippen LogP contribution < -0.4 is 0 Å². The molecule has 3 nitrogen and oxygen atoms in total. The van der Waals surface area contributed by atoms with E-state index in [4.69, 9.17) is 4.98 Å². The number of carboxylic acids is 1. The number of nitrogens with zero attached hydrogens (tertiary/aromatic N) is 1. The van der Waals surface area contributed by atoms with Crippen LogP contribution >= 0.6 is 0 Å². The first-order valence-electron chi connectivity index (χ1n) is 10.6. The molecule has 0 amide bonds. The van der Waals surface area contributed by atoms with Gasteiger partial charge in [-0.25, -0.2) is 9.18 Å². The Labute approximate surface area is 187 Å². The van der Waals surface area contributed by atoms with Crippen molar-refractivity contribution in [1.29, 1.82) is 0 Å². The molecular formula is C28H24FNO2. The van der Waals surface area contributed by atoms with Crippen molar-refractivity contribution in [2.75, 3.05) is 0 Å². The van der Waals surface area contributed by atoms with Crippen molar-refractivity contribution >= 4 is 5.97 Å². The highest BCUT2D eigenvalue weighted by Gasteiger charge is 2.26. The van der Waals surface area contributed by atoms with Gasteiger partial charge in [-0.1, -0.05) is 86.6 Å². The molecule has 0 aliphatic carbocycles. The van der Waals surface area contributed by atoms with Gasteiger partial charge in [0.05, 0.1) is 22.9 Å². The monoisotopic (exact) mass is 425 g/mol. The van der Waals surface area contributed by atoms with Crippen molar-refractivity contribution in [3.63, 3.8) is 0 Å². The highest BCUT2D eigenvalue weighted by molar-refractivity contribution is 5.97. The Morgan fingerprint density at radius 2 is 1.38 bits per heavy atom. The standard InChI is InChI=1S/C28H24FNO2/c1-18(2)27-26(28(31)32)23(19-13-15-22(29)16-14-19)17-24(30-27)25(20-9-5-3-6-10-20)21-11-7-4-8-12-21/h3-18,25H,1-2H3,(H,31,32). The van der Waals surface area contributed by atoms with Gasteiger partial charge in [0.2, 0.25) is 0 Å². The summed E-state index contributed by atoms with van der Waals surface area (Å²) in [5.41, 5.74) is 4.76. The molecule has 1 N–H and O–H groups in total. The maximum Gasteiger partial charge on any atom is 0.338 e. The van der Waals surface area contributed by atoms with E-state index in [1.54, 1.807) is 12.1 Å². The largest absolute Gasteiger partial charge is 0.478 e. The lowest BCUT2D eigenvalue weighted by atomic mass is 9.85. The number of aromatic carboxylic acids is 1. The number of halogens is 1. The molecule has 0 aliphatic heterocycles. The third-order valence-electron chi connectivity index (χ3n) is 5.54. The van der Waals surface area contributed by atoms with Crippen molar-refractivity contribution in [2.24, 2.45) is 0 Å². The van der Waals surface area contributed by atoms with E-state index in [-0.39, 0.29) is 23.2 Å². The summed E-state index contributed by atoms with van der Waals surface area (Å²) in [7, 11) is 0. The van der Waals surface area contributed by atoms with Crippen LogP contribution in [0.3, 0.4) is 0 Å². The number of pyridine rings is 1. The van der Waals surface area contributed by atoms with E-state index in [1.165, 1.54) is 12.1 Å². The third-order valence-corrected chi connectivity index (χ3v) is 5.54. The molecule has 0 fully saturated rings. The fraction of sp³-hybridized carbons (Fsp3) is 0.143. The predicted octanol–water partition coefficient (Wildman–Crippen LogP) is 6.89. The number of carboxylic acid groups (broad SMARTS) is 1. The molecule has 0 spiro atoms. The fourth-order valence-electron chi connectivity index (χ4n) is 4.06. The second-order valence-electron chi connectivity index (χ2n) is 8.08. The smallest absolute Gasteiger partial charge is 0.338 e. The molecule has 0 bridgehead atoms. The summed E-state index contributed by atoms with van der Waals surface area (Å²) in [6, 6.07) is 27.9. The molecule has 0 atom stereocenters. The molecule has 4 rings (SSSR count). The van der Waals surface area contributed by atoms with E-state index >= 15 is 0 Å². The molecule has 0 saturated carbocycles. The van der Waals surface area contributed by atoms with Crippen molar-refractivity contribution in [1.82, 2.24) is 4.98 Å². The molecule has 0 radical (unpaired) electrons. The van der Waals surface area contributed by atoms with Gasteiger partial charge in [-0.3, -0.25) is 4.98 Å². The summed E-state index contributed by atoms with van der Waals surface area (Å²) in [5, 5.41) is 10.1. The Morgan fingerprint density at radius 1 is 0.844 bits per heavy atom. The zero-order chi connectivity index (χ0) is 22.7. The Balaban J connectivity index is 2.02. The summed E-state index contributed by atoms with van der Waals surface area (Å²) < 4.78 is 13.6. The van der Waals surface area contributed by atoms with Crippen molar-refractivity contribution < 1.29 is 14.3 Å². The number of aromatic nitrogens is 1. The van der Waals surface area contributed by atoms with Gasteiger partial charge in [0.25, 0.3) is 0 Å². The van der Waals surface area contributed by atoms with Gasteiger partial charge in [-0.2, -0.15) is 0 Å². The zero-order valence-electron chi connectivity index (χ0n) is 18.0. The first-order chi connectivity index (χ1) is 15.5. The molecule has 1 heterocycles. The van der Waals surface area contributed by atoms with Crippen molar-refractivity contribution in [3.8, 4) is 11.1 Å². The van der Waals surface area contributed by atoms with Gasteiger partial charge < -0.3 is 5.11 Å². The van der Waals surface area contributed by atoms with Gasteiger partial charge in [-0.05, 0) is 46.4 Å². The molecule has 4 heteroatoms. The lowest BCUT2D eigenvalue weighted by Gasteiger charge is -2.22. The number of benzene rings is 3. The second kappa shape index (κ2) is 9.15. The molecule has 160 valence electrons. The molecule has 0 aliphatic rings. The highest BCUT2D eigenvalue weighted by atomic mass is 19.1. The Morgan fingerprint density at radius 3 is 1.84 bits per heavy atom. The van der Waals surface area contributed by atoms with Crippen molar-refractivity contribution in [3.05, 3.63) is 125 Å². The van der Waals surface area contributed by atoms with Crippen LogP contribution in [0.4, 0.5) is 4.39 Å². The second-order valence-corrected chi connectivity index (χ2v) is 8.08. The number of rotatable bonds is 6. The molecular weight excluding hydrogens is 401 g/mol. The minimum absolute atomic E-state index is 0.104. The number of hydrogen-bond donors (Lipinski definition) is 1. The molecule has 3 aromatic carbocycles. The van der Waals surface area contributed by atoms with Crippen LogP contribution in [0.5, 0.6) is 0 Å². The van der Waals surface area contributed by atoms with Gasteiger partial charge in [0, 0.05) is 0 Å². The lowest BCUT2D eigenvalue weighted by molar-refractivity contribution is 0.0695. The van der Waals surface area contributed by atoms with E-state index < -0.39 is 5.97 Å². The lowest BCUT2D eigenvalue weighted by Crippen LogP contribution is -2.14. The van der Waals surface area contributed by atoms with Crippen LogP contribution in [0.1, 0.15) is 58.6 Å². The fourth-order valence-corrected chi connectivity index (χ4v) is 4.06. The molecule has 0 saturated heterocycles. The normalized spacial score (nSPS) is 11.2.